The SMILES string of the molecule is COc1ccc(Cl)cc1COc1ccc2c(c1)CC[C@H]2N. The van der Waals surface area contributed by atoms with Crippen LogP contribution in [0.2, 0.25) is 5.02 Å². The summed E-state index contributed by atoms with van der Waals surface area (Å²) in [6.45, 7) is 0.425. The van der Waals surface area contributed by atoms with Gasteiger partial charge in [0.1, 0.15) is 18.1 Å². The predicted octanol–water partition coefficient (Wildman–Crippen LogP) is 3.87. The first kappa shape index (κ1) is 14.2. The van der Waals surface area contributed by atoms with E-state index < -0.39 is 0 Å². The van der Waals surface area contributed by atoms with Gasteiger partial charge in [0, 0.05) is 16.6 Å². The van der Waals surface area contributed by atoms with Gasteiger partial charge in [0.15, 0.2) is 0 Å². The Morgan fingerprint density at radius 3 is 2.90 bits per heavy atom. The minimum Gasteiger partial charge on any atom is -0.496 e. The Morgan fingerprint density at radius 2 is 2.10 bits per heavy atom. The monoisotopic (exact) mass is 303 g/mol. The molecule has 2 N–H and O–H groups in total. The summed E-state index contributed by atoms with van der Waals surface area (Å²) in [6.07, 6.45) is 2.04. The molecule has 21 heavy (non-hydrogen) atoms. The first-order valence-corrected chi connectivity index (χ1v) is 7.39. The molecule has 0 heterocycles. The van der Waals surface area contributed by atoms with Gasteiger partial charge in [0.2, 0.25) is 0 Å². The van der Waals surface area contributed by atoms with Crippen molar-refractivity contribution < 1.29 is 9.47 Å². The quantitative estimate of drug-likeness (QED) is 0.932. The van der Waals surface area contributed by atoms with Gasteiger partial charge in [-0.3, -0.25) is 0 Å². The van der Waals surface area contributed by atoms with Crippen molar-refractivity contribution in [2.45, 2.75) is 25.5 Å². The van der Waals surface area contributed by atoms with Crippen LogP contribution in [0.3, 0.4) is 0 Å². The van der Waals surface area contributed by atoms with Gasteiger partial charge in [-0.2, -0.15) is 0 Å². The van der Waals surface area contributed by atoms with Crippen molar-refractivity contribution in [3.8, 4) is 11.5 Å². The van der Waals surface area contributed by atoms with Crippen LogP contribution in [0.4, 0.5) is 0 Å². The smallest absolute Gasteiger partial charge is 0.125 e. The van der Waals surface area contributed by atoms with Crippen LogP contribution >= 0.6 is 11.6 Å². The highest BCUT2D eigenvalue weighted by molar-refractivity contribution is 6.30. The molecule has 0 bridgehead atoms. The summed E-state index contributed by atoms with van der Waals surface area (Å²) in [5, 5.41) is 0.675. The molecule has 0 aliphatic heterocycles. The van der Waals surface area contributed by atoms with E-state index in [0.717, 1.165) is 29.9 Å². The largest absolute Gasteiger partial charge is 0.496 e. The van der Waals surface area contributed by atoms with Crippen molar-refractivity contribution in [3.05, 3.63) is 58.1 Å². The van der Waals surface area contributed by atoms with Crippen LogP contribution in [0.25, 0.3) is 0 Å². The van der Waals surface area contributed by atoms with Crippen molar-refractivity contribution in [2.24, 2.45) is 5.73 Å². The molecule has 0 radical (unpaired) electrons. The molecule has 4 heteroatoms. The molecule has 0 spiro atoms. The molecule has 1 aliphatic rings. The third-order valence-electron chi connectivity index (χ3n) is 3.88. The Kier molecular flexibility index (Phi) is 4.04. The van der Waals surface area contributed by atoms with Crippen LogP contribution in [0.15, 0.2) is 36.4 Å². The van der Waals surface area contributed by atoms with Crippen LogP contribution in [-0.2, 0) is 13.0 Å². The highest BCUT2D eigenvalue weighted by Crippen LogP contribution is 2.32. The zero-order valence-corrected chi connectivity index (χ0v) is 12.7. The zero-order valence-electron chi connectivity index (χ0n) is 11.9. The third-order valence-corrected chi connectivity index (χ3v) is 4.11. The van der Waals surface area contributed by atoms with Crippen molar-refractivity contribution in [2.75, 3.05) is 7.11 Å². The molecule has 3 rings (SSSR count). The van der Waals surface area contributed by atoms with Gasteiger partial charge in [-0.1, -0.05) is 17.7 Å². The number of methoxy groups -OCH3 is 1. The molecule has 1 aliphatic carbocycles. The van der Waals surface area contributed by atoms with Crippen LogP contribution in [-0.4, -0.2) is 7.11 Å². The summed E-state index contributed by atoms with van der Waals surface area (Å²) in [6, 6.07) is 11.8. The maximum absolute atomic E-state index is 6.04. The summed E-state index contributed by atoms with van der Waals surface area (Å²) in [5.74, 6) is 1.63. The van der Waals surface area contributed by atoms with E-state index in [1.807, 2.05) is 18.2 Å². The second kappa shape index (κ2) is 5.96. The second-order valence-electron chi connectivity index (χ2n) is 5.25. The molecule has 0 saturated carbocycles. The first-order chi connectivity index (χ1) is 10.2. The Balaban J connectivity index is 1.75. The average molecular weight is 304 g/mol. The highest BCUT2D eigenvalue weighted by atomic mass is 35.5. The number of fused-ring (bicyclic) bond motifs is 1. The number of hydrogen-bond acceptors (Lipinski definition) is 3. The number of aryl methyl sites for hydroxylation is 1. The first-order valence-electron chi connectivity index (χ1n) is 7.01. The molecule has 110 valence electrons. The molecule has 0 saturated heterocycles. The number of halogens is 1. The molecule has 0 unspecified atom stereocenters. The van der Waals surface area contributed by atoms with Crippen molar-refractivity contribution >= 4 is 11.6 Å². The van der Waals surface area contributed by atoms with E-state index in [1.165, 1.54) is 11.1 Å². The molecule has 0 fully saturated rings. The highest BCUT2D eigenvalue weighted by Gasteiger charge is 2.19. The Hall–Kier alpha value is -1.71. The lowest BCUT2D eigenvalue weighted by Gasteiger charge is -2.12. The van der Waals surface area contributed by atoms with E-state index in [2.05, 4.69) is 12.1 Å². The topological polar surface area (TPSA) is 44.5 Å². The maximum Gasteiger partial charge on any atom is 0.125 e. The van der Waals surface area contributed by atoms with Crippen molar-refractivity contribution in [1.82, 2.24) is 0 Å². The average Bonchev–Trinajstić information content (AvgIpc) is 2.86. The van der Waals surface area contributed by atoms with Crippen LogP contribution in [0, 0.1) is 0 Å². The van der Waals surface area contributed by atoms with Gasteiger partial charge in [-0.15, -0.1) is 0 Å². The molecule has 1 atom stereocenters. The minimum absolute atomic E-state index is 0.169. The summed E-state index contributed by atoms with van der Waals surface area (Å²) in [7, 11) is 1.64. The summed E-state index contributed by atoms with van der Waals surface area (Å²) < 4.78 is 11.2. The Morgan fingerprint density at radius 1 is 1.24 bits per heavy atom. The third kappa shape index (κ3) is 2.99. The normalized spacial score (nSPS) is 16.6. The molecule has 0 aromatic heterocycles. The second-order valence-corrected chi connectivity index (χ2v) is 5.69. The van der Waals surface area contributed by atoms with Gasteiger partial charge < -0.3 is 15.2 Å². The number of benzene rings is 2. The zero-order chi connectivity index (χ0) is 14.8. The number of hydrogen-bond donors (Lipinski definition) is 1. The molecule has 0 amide bonds. The van der Waals surface area contributed by atoms with E-state index in [-0.39, 0.29) is 6.04 Å². The van der Waals surface area contributed by atoms with Crippen LogP contribution in [0.1, 0.15) is 29.2 Å². The predicted molar refractivity (Wildman–Crippen MR) is 84.0 cm³/mol. The minimum atomic E-state index is 0.169. The van der Waals surface area contributed by atoms with Crippen molar-refractivity contribution in [1.29, 1.82) is 0 Å². The van der Waals surface area contributed by atoms with Gasteiger partial charge in [0.25, 0.3) is 0 Å². The van der Waals surface area contributed by atoms with Gasteiger partial charge in [0.05, 0.1) is 7.11 Å². The van der Waals surface area contributed by atoms with Gasteiger partial charge in [-0.25, -0.2) is 0 Å². The molecule has 3 nitrogen and oxygen atoms in total. The van der Waals surface area contributed by atoms with Crippen LogP contribution in [0.5, 0.6) is 11.5 Å². The summed E-state index contributed by atoms with van der Waals surface area (Å²) >= 11 is 6.02. The number of nitrogens with two attached hydrogens (primary N) is 1. The van der Waals surface area contributed by atoms with Crippen LogP contribution < -0.4 is 15.2 Å². The molecular weight excluding hydrogens is 286 g/mol. The fourth-order valence-electron chi connectivity index (χ4n) is 2.74. The Labute approximate surface area is 129 Å². The van der Waals surface area contributed by atoms with E-state index in [1.54, 1.807) is 13.2 Å². The lowest BCUT2D eigenvalue weighted by atomic mass is 10.1. The summed E-state index contributed by atoms with van der Waals surface area (Å²) in [4.78, 5) is 0. The fraction of sp³-hybridized carbons (Fsp3) is 0.294. The number of rotatable bonds is 4. The molecule has 2 aromatic carbocycles. The van der Waals surface area contributed by atoms with E-state index in [4.69, 9.17) is 26.8 Å². The van der Waals surface area contributed by atoms with E-state index in [0.29, 0.717) is 11.6 Å². The van der Waals surface area contributed by atoms with Gasteiger partial charge >= 0.3 is 0 Å². The van der Waals surface area contributed by atoms with Crippen molar-refractivity contribution in [3.63, 3.8) is 0 Å². The molecular formula is C17H18ClNO2. The maximum atomic E-state index is 6.04. The molecule has 2 aromatic rings. The Bertz CT molecular complexity index is 657. The lowest BCUT2D eigenvalue weighted by Crippen LogP contribution is -2.05. The fourth-order valence-corrected chi connectivity index (χ4v) is 2.93. The lowest BCUT2D eigenvalue weighted by molar-refractivity contribution is 0.296. The summed E-state index contributed by atoms with van der Waals surface area (Å²) in [5.41, 5.74) is 9.51. The van der Waals surface area contributed by atoms with E-state index in [9.17, 15) is 0 Å². The van der Waals surface area contributed by atoms with E-state index >= 15 is 0 Å². The van der Waals surface area contributed by atoms with Gasteiger partial charge in [-0.05, 0) is 54.3 Å². The number of ether oxygens (including phenoxy) is 2. The standard InChI is InChI=1S/C17H18ClNO2/c1-20-17-7-3-13(18)8-12(17)10-21-14-4-5-15-11(9-14)2-6-16(15)19/h3-5,7-9,16H,2,6,10,19H2,1H3/t16-/m1/s1.